The van der Waals surface area contributed by atoms with Crippen LogP contribution in [0.3, 0.4) is 0 Å². The highest BCUT2D eigenvalue weighted by molar-refractivity contribution is 5.89. The van der Waals surface area contributed by atoms with Gasteiger partial charge < -0.3 is 24.0 Å². The molecule has 1 aliphatic rings. The van der Waals surface area contributed by atoms with E-state index in [9.17, 15) is 9.59 Å². The maximum absolute atomic E-state index is 12.5. The van der Waals surface area contributed by atoms with Crippen molar-refractivity contribution in [2.24, 2.45) is 0 Å². The Kier molecular flexibility index (Phi) is 6.37. The van der Waals surface area contributed by atoms with Gasteiger partial charge in [0, 0.05) is 31.9 Å². The predicted octanol–water partition coefficient (Wildman–Crippen LogP) is 2.21. The molecular weight excluding hydrogens is 360 g/mol. The zero-order valence-corrected chi connectivity index (χ0v) is 16.1. The van der Waals surface area contributed by atoms with E-state index in [2.05, 4.69) is 4.90 Å². The number of carbonyl (C=O) groups is 2. The zero-order valence-electron chi connectivity index (χ0n) is 16.1. The van der Waals surface area contributed by atoms with Crippen LogP contribution >= 0.6 is 0 Å². The summed E-state index contributed by atoms with van der Waals surface area (Å²) in [6.07, 6.45) is 0. The number of nitrogens with zero attached hydrogens (tertiary/aromatic N) is 2. The predicted molar refractivity (Wildman–Crippen MR) is 105 cm³/mol. The Bertz CT molecular complexity index is 814. The Morgan fingerprint density at radius 1 is 0.893 bits per heavy atom. The smallest absolute Gasteiger partial charge is 0.337 e. The summed E-state index contributed by atoms with van der Waals surface area (Å²) in [5, 5.41) is 0. The van der Waals surface area contributed by atoms with Gasteiger partial charge in [0.15, 0.2) is 18.1 Å². The third kappa shape index (κ3) is 4.54. The van der Waals surface area contributed by atoms with Gasteiger partial charge in [-0.25, -0.2) is 4.79 Å². The summed E-state index contributed by atoms with van der Waals surface area (Å²) in [5.74, 6) is 0.766. The third-order valence-electron chi connectivity index (χ3n) is 4.71. The molecule has 0 bridgehead atoms. The van der Waals surface area contributed by atoms with Crippen molar-refractivity contribution >= 4 is 17.6 Å². The number of hydrogen-bond acceptors (Lipinski definition) is 6. The quantitative estimate of drug-likeness (QED) is 0.712. The van der Waals surface area contributed by atoms with Crippen molar-refractivity contribution in [2.75, 3.05) is 51.9 Å². The minimum Gasteiger partial charge on any atom is -0.493 e. The van der Waals surface area contributed by atoms with Crippen LogP contribution in [0.25, 0.3) is 0 Å². The maximum Gasteiger partial charge on any atom is 0.337 e. The summed E-state index contributed by atoms with van der Waals surface area (Å²) < 4.78 is 15.6. The van der Waals surface area contributed by atoms with Crippen LogP contribution in [0.15, 0.2) is 48.5 Å². The van der Waals surface area contributed by atoms with Gasteiger partial charge in [0.25, 0.3) is 5.91 Å². The number of para-hydroxylation sites is 2. The van der Waals surface area contributed by atoms with Gasteiger partial charge in [0.2, 0.25) is 0 Å². The lowest BCUT2D eigenvalue weighted by molar-refractivity contribution is -0.133. The average molecular weight is 384 g/mol. The van der Waals surface area contributed by atoms with E-state index in [4.69, 9.17) is 14.2 Å². The van der Waals surface area contributed by atoms with Crippen LogP contribution in [0.2, 0.25) is 0 Å². The highest BCUT2D eigenvalue weighted by Gasteiger charge is 2.22. The fourth-order valence-electron chi connectivity index (χ4n) is 3.11. The molecule has 0 N–H and O–H groups in total. The van der Waals surface area contributed by atoms with Crippen LogP contribution in [0.5, 0.6) is 11.5 Å². The van der Waals surface area contributed by atoms with Gasteiger partial charge in [-0.1, -0.05) is 12.1 Å². The van der Waals surface area contributed by atoms with Crippen LogP contribution in [-0.2, 0) is 9.53 Å². The number of methoxy groups -OCH3 is 2. The Morgan fingerprint density at radius 3 is 2.14 bits per heavy atom. The second-order valence-electron chi connectivity index (χ2n) is 6.35. The molecule has 1 amide bonds. The Labute approximate surface area is 164 Å². The van der Waals surface area contributed by atoms with Gasteiger partial charge in [-0.3, -0.25) is 4.79 Å². The minimum atomic E-state index is -0.350. The van der Waals surface area contributed by atoms with Crippen molar-refractivity contribution in [3.63, 3.8) is 0 Å². The second kappa shape index (κ2) is 9.12. The summed E-state index contributed by atoms with van der Waals surface area (Å²) in [4.78, 5) is 28.0. The third-order valence-corrected chi connectivity index (χ3v) is 4.71. The van der Waals surface area contributed by atoms with E-state index < -0.39 is 0 Å². The molecule has 0 aromatic heterocycles. The molecular formula is C21H24N2O5. The molecule has 7 heteroatoms. The first-order valence-electron chi connectivity index (χ1n) is 9.09. The molecule has 0 saturated carbocycles. The van der Waals surface area contributed by atoms with E-state index in [0.29, 0.717) is 30.2 Å². The Morgan fingerprint density at radius 2 is 1.54 bits per heavy atom. The monoisotopic (exact) mass is 384 g/mol. The molecule has 28 heavy (non-hydrogen) atoms. The first kappa shape index (κ1) is 19.5. The SMILES string of the molecule is COC(=O)c1ccc(N2CCN(C(=O)COc3ccccc3OC)CC2)cc1. The molecule has 1 aliphatic heterocycles. The van der Waals surface area contributed by atoms with Crippen LogP contribution in [0.1, 0.15) is 10.4 Å². The lowest BCUT2D eigenvalue weighted by atomic mass is 10.2. The fraction of sp³-hybridized carbons (Fsp3) is 0.333. The van der Waals surface area contributed by atoms with Crippen LogP contribution in [0, 0.1) is 0 Å². The minimum absolute atomic E-state index is 0.0196. The van der Waals surface area contributed by atoms with E-state index in [0.717, 1.165) is 18.8 Å². The molecule has 0 radical (unpaired) electrons. The zero-order chi connectivity index (χ0) is 19.9. The van der Waals surface area contributed by atoms with E-state index in [1.54, 1.807) is 36.3 Å². The Balaban J connectivity index is 1.50. The number of esters is 1. The summed E-state index contributed by atoms with van der Waals surface area (Å²) in [6.45, 7) is 2.66. The van der Waals surface area contributed by atoms with Crippen molar-refractivity contribution in [3.05, 3.63) is 54.1 Å². The molecule has 1 fully saturated rings. The number of rotatable bonds is 6. The summed E-state index contributed by atoms with van der Waals surface area (Å²) in [6, 6.07) is 14.6. The molecule has 0 aliphatic carbocycles. The average Bonchev–Trinajstić information content (AvgIpc) is 2.77. The summed E-state index contributed by atoms with van der Waals surface area (Å²) in [7, 11) is 2.94. The molecule has 1 heterocycles. The molecule has 0 unspecified atom stereocenters. The van der Waals surface area contributed by atoms with Crippen molar-refractivity contribution in [1.29, 1.82) is 0 Å². The van der Waals surface area contributed by atoms with Crippen molar-refractivity contribution in [2.45, 2.75) is 0 Å². The van der Waals surface area contributed by atoms with E-state index in [1.807, 2.05) is 24.3 Å². The molecule has 2 aromatic rings. The number of benzene rings is 2. The van der Waals surface area contributed by atoms with Gasteiger partial charge in [0.1, 0.15) is 0 Å². The number of carbonyl (C=O) groups excluding carboxylic acids is 2. The number of piperazine rings is 1. The van der Waals surface area contributed by atoms with E-state index in [-0.39, 0.29) is 18.5 Å². The first-order valence-corrected chi connectivity index (χ1v) is 9.09. The van der Waals surface area contributed by atoms with Crippen molar-refractivity contribution < 1.29 is 23.8 Å². The number of hydrogen-bond donors (Lipinski definition) is 0. The molecule has 2 aromatic carbocycles. The lowest BCUT2D eigenvalue weighted by Crippen LogP contribution is -2.50. The molecule has 148 valence electrons. The van der Waals surface area contributed by atoms with Gasteiger partial charge in [-0.15, -0.1) is 0 Å². The van der Waals surface area contributed by atoms with Gasteiger partial charge >= 0.3 is 5.97 Å². The van der Waals surface area contributed by atoms with Crippen LogP contribution in [0.4, 0.5) is 5.69 Å². The number of amides is 1. The number of ether oxygens (including phenoxy) is 3. The largest absolute Gasteiger partial charge is 0.493 e. The molecule has 1 saturated heterocycles. The molecule has 7 nitrogen and oxygen atoms in total. The maximum atomic E-state index is 12.5. The molecule has 0 spiro atoms. The summed E-state index contributed by atoms with van der Waals surface area (Å²) in [5.41, 5.74) is 1.54. The summed E-state index contributed by atoms with van der Waals surface area (Å²) >= 11 is 0. The topological polar surface area (TPSA) is 68.3 Å². The van der Waals surface area contributed by atoms with Gasteiger partial charge in [-0.2, -0.15) is 0 Å². The van der Waals surface area contributed by atoms with Gasteiger partial charge in [-0.05, 0) is 36.4 Å². The van der Waals surface area contributed by atoms with E-state index in [1.165, 1.54) is 7.11 Å². The standard InChI is InChI=1S/C21H24N2O5/c1-26-18-5-3-4-6-19(18)28-15-20(24)23-13-11-22(12-14-23)17-9-7-16(8-10-17)21(25)27-2/h3-10H,11-15H2,1-2H3. The highest BCUT2D eigenvalue weighted by atomic mass is 16.5. The van der Waals surface area contributed by atoms with Crippen LogP contribution < -0.4 is 14.4 Å². The second-order valence-corrected chi connectivity index (χ2v) is 6.35. The first-order chi connectivity index (χ1) is 13.6. The number of anilines is 1. The van der Waals surface area contributed by atoms with Crippen LogP contribution in [-0.4, -0.2) is 63.8 Å². The van der Waals surface area contributed by atoms with Gasteiger partial charge in [0.05, 0.1) is 19.8 Å². The lowest BCUT2D eigenvalue weighted by Gasteiger charge is -2.36. The molecule has 3 rings (SSSR count). The van der Waals surface area contributed by atoms with Crippen molar-refractivity contribution in [3.8, 4) is 11.5 Å². The Hall–Kier alpha value is -3.22. The fourth-order valence-corrected chi connectivity index (χ4v) is 3.11. The molecule has 0 atom stereocenters. The highest BCUT2D eigenvalue weighted by Crippen LogP contribution is 2.25. The normalized spacial score (nSPS) is 13.8. The van der Waals surface area contributed by atoms with E-state index >= 15 is 0 Å². The van der Waals surface area contributed by atoms with Crippen molar-refractivity contribution in [1.82, 2.24) is 4.90 Å².